The highest BCUT2D eigenvalue weighted by Crippen LogP contribution is 2.23. The molecular formula is C17H13BrN2O3. The van der Waals surface area contributed by atoms with Crippen molar-refractivity contribution >= 4 is 27.7 Å². The number of aromatic nitrogens is 1. The molecule has 0 saturated carbocycles. The summed E-state index contributed by atoms with van der Waals surface area (Å²) in [5.41, 5.74) is 1.55. The summed E-state index contributed by atoms with van der Waals surface area (Å²) in [5, 5.41) is 6.55. The quantitative estimate of drug-likeness (QED) is 0.731. The van der Waals surface area contributed by atoms with E-state index in [1.807, 2.05) is 42.5 Å². The second kappa shape index (κ2) is 7.11. The van der Waals surface area contributed by atoms with Gasteiger partial charge < -0.3 is 9.26 Å². The number of hydrogen-bond acceptors (Lipinski definition) is 4. The number of para-hydroxylation sites is 1. The van der Waals surface area contributed by atoms with Crippen molar-refractivity contribution in [2.24, 2.45) is 0 Å². The zero-order valence-electron chi connectivity index (χ0n) is 12.0. The third kappa shape index (κ3) is 4.20. The van der Waals surface area contributed by atoms with E-state index in [0.717, 1.165) is 10.0 Å². The van der Waals surface area contributed by atoms with Gasteiger partial charge in [0.25, 0.3) is 5.91 Å². The van der Waals surface area contributed by atoms with Gasteiger partial charge in [0.05, 0.1) is 0 Å². The number of nitrogens with one attached hydrogen (secondary N) is 1. The number of anilines is 1. The van der Waals surface area contributed by atoms with E-state index in [0.29, 0.717) is 11.4 Å². The van der Waals surface area contributed by atoms with E-state index < -0.39 is 0 Å². The molecule has 116 valence electrons. The molecule has 23 heavy (non-hydrogen) atoms. The van der Waals surface area contributed by atoms with Crippen LogP contribution >= 0.6 is 15.9 Å². The van der Waals surface area contributed by atoms with Crippen LogP contribution in [0.1, 0.15) is 0 Å². The second-order valence-electron chi connectivity index (χ2n) is 4.73. The number of ether oxygens (including phenoxy) is 1. The first-order valence-electron chi connectivity index (χ1n) is 6.91. The summed E-state index contributed by atoms with van der Waals surface area (Å²) in [7, 11) is 0. The standard InChI is InChI=1S/C17H13BrN2O3/c18-13-8-6-12(7-9-13)15-10-17(23-20-15)19-16(21)11-22-14-4-2-1-3-5-14/h1-10H,11H2,(H,19,21). The Morgan fingerprint density at radius 2 is 1.87 bits per heavy atom. The van der Waals surface area contributed by atoms with Crippen LogP contribution < -0.4 is 10.1 Å². The molecule has 1 heterocycles. The first-order chi connectivity index (χ1) is 11.2. The maximum Gasteiger partial charge on any atom is 0.264 e. The molecule has 0 atom stereocenters. The number of amides is 1. The van der Waals surface area contributed by atoms with E-state index >= 15 is 0 Å². The number of benzene rings is 2. The molecule has 0 aliphatic heterocycles. The summed E-state index contributed by atoms with van der Waals surface area (Å²) < 4.78 is 11.5. The molecule has 3 rings (SSSR count). The number of rotatable bonds is 5. The van der Waals surface area contributed by atoms with Crippen LogP contribution in [-0.2, 0) is 4.79 Å². The predicted octanol–water partition coefficient (Wildman–Crippen LogP) is 4.12. The van der Waals surface area contributed by atoms with E-state index in [4.69, 9.17) is 9.26 Å². The fraction of sp³-hybridized carbons (Fsp3) is 0.0588. The van der Waals surface area contributed by atoms with Gasteiger partial charge >= 0.3 is 0 Å². The number of nitrogens with zero attached hydrogens (tertiary/aromatic N) is 1. The van der Waals surface area contributed by atoms with Crippen LogP contribution in [0.25, 0.3) is 11.3 Å². The first kappa shape index (κ1) is 15.3. The van der Waals surface area contributed by atoms with E-state index in [-0.39, 0.29) is 18.4 Å². The van der Waals surface area contributed by atoms with Crippen molar-refractivity contribution in [2.45, 2.75) is 0 Å². The minimum absolute atomic E-state index is 0.0989. The first-order valence-corrected chi connectivity index (χ1v) is 7.70. The summed E-state index contributed by atoms with van der Waals surface area (Å²) in [6.07, 6.45) is 0. The molecule has 0 spiro atoms. The second-order valence-corrected chi connectivity index (χ2v) is 5.65. The predicted molar refractivity (Wildman–Crippen MR) is 90.2 cm³/mol. The van der Waals surface area contributed by atoms with Crippen LogP contribution in [0, 0.1) is 0 Å². The smallest absolute Gasteiger partial charge is 0.264 e. The molecule has 0 unspecified atom stereocenters. The molecule has 0 radical (unpaired) electrons. The van der Waals surface area contributed by atoms with Gasteiger partial charge in [-0.1, -0.05) is 51.4 Å². The van der Waals surface area contributed by atoms with Crippen molar-refractivity contribution in [3.8, 4) is 17.0 Å². The van der Waals surface area contributed by atoms with E-state index in [2.05, 4.69) is 26.4 Å². The SMILES string of the molecule is O=C(COc1ccccc1)Nc1cc(-c2ccc(Br)cc2)no1. The van der Waals surface area contributed by atoms with Gasteiger partial charge in [0, 0.05) is 16.1 Å². The summed E-state index contributed by atoms with van der Waals surface area (Å²) in [6, 6.07) is 18.4. The number of carbonyl (C=O) groups excluding carboxylic acids is 1. The van der Waals surface area contributed by atoms with Crippen molar-refractivity contribution in [3.63, 3.8) is 0 Å². The third-order valence-electron chi connectivity index (χ3n) is 3.03. The van der Waals surface area contributed by atoms with E-state index in [9.17, 15) is 4.79 Å². The van der Waals surface area contributed by atoms with Gasteiger partial charge in [-0.15, -0.1) is 0 Å². The van der Waals surface area contributed by atoms with Gasteiger partial charge in [0.2, 0.25) is 5.88 Å². The Morgan fingerprint density at radius 1 is 1.13 bits per heavy atom. The lowest BCUT2D eigenvalue weighted by molar-refractivity contribution is -0.118. The van der Waals surface area contributed by atoms with Crippen molar-refractivity contribution in [2.75, 3.05) is 11.9 Å². The van der Waals surface area contributed by atoms with Gasteiger partial charge in [-0.2, -0.15) is 0 Å². The molecule has 6 heteroatoms. The van der Waals surface area contributed by atoms with Crippen molar-refractivity contribution in [1.82, 2.24) is 5.16 Å². The van der Waals surface area contributed by atoms with Gasteiger partial charge in [0.1, 0.15) is 11.4 Å². The number of carbonyl (C=O) groups is 1. The average molecular weight is 373 g/mol. The minimum Gasteiger partial charge on any atom is -0.484 e. The summed E-state index contributed by atoms with van der Waals surface area (Å²) in [5.74, 6) is 0.604. The van der Waals surface area contributed by atoms with Crippen LogP contribution in [-0.4, -0.2) is 17.7 Å². The van der Waals surface area contributed by atoms with Crippen LogP contribution in [0.5, 0.6) is 5.75 Å². The number of hydrogen-bond donors (Lipinski definition) is 1. The molecule has 5 nitrogen and oxygen atoms in total. The zero-order valence-corrected chi connectivity index (χ0v) is 13.6. The molecule has 1 aromatic heterocycles. The summed E-state index contributed by atoms with van der Waals surface area (Å²) in [4.78, 5) is 11.8. The molecule has 0 fully saturated rings. The lowest BCUT2D eigenvalue weighted by Crippen LogP contribution is -2.19. The molecule has 0 saturated heterocycles. The fourth-order valence-electron chi connectivity index (χ4n) is 1.93. The molecule has 1 N–H and O–H groups in total. The Labute approximate surface area is 141 Å². The average Bonchev–Trinajstić information content (AvgIpc) is 3.03. The zero-order chi connectivity index (χ0) is 16.1. The van der Waals surface area contributed by atoms with Crippen molar-refractivity contribution in [3.05, 3.63) is 65.1 Å². The normalized spacial score (nSPS) is 10.3. The fourth-order valence-corrected chi connectivity index (χ4v) is 2.19. The highest BCUT2D eigenvalue weighted by Gasteiger charge is 2.10. The Hall–Kier alpha value is -2.60. The maximum atomic E-state index is 11.8. The minimum atomic E-state index is -0.313. The van der Waals surface area contributed by atoms with Gasteiger partial charge in [0.15, 0.2) is 6.61 Å². The van der Waals surface area contributed by atoms with Crippen LogP contribution in [0.3, 0.4) is 0 Å². The topological polar surface area (TPSA) is 64.4 Å². The van der Waals surface area contributed by atoms with Crippen LogP contribution in [0.15, 0.2) is 69.7 Å². The molecule has 1 amide bonds. The lowest BCUT2D eigenvalue weighted by Gasteiger charge is -2.04. The largest absolute Gasteiger partial charge is 0.484 e. The van der Waals surface area contributed by atoms with Crippen molar-refractivity contribution < 1.29 is 14.1 Å². The highest BCUT2D eigenvalue weighted by molar-refractivity contribution is 9.10. The number of halogens is 1. The lowest BCUT2D eigenvalue weighted by atomic mass is 10.1. The maximum absolute atomic E-state index is 11.8. The highest BCUT2D eigenvalue weighted by atomic mass is 79.9. The molecule has 0 bridgehead atoms. The molecule has 2 aromatic carbocycles. The van der Waals surface area contributed by atoms with Crippen LogP contribution in [0.2, 0.25) is 0 Å². The summed E-state index contributed by atoms with van der Waals surface area (Å²) in [6.45, 7) is -0.0989. The summed E-state index contributed by atoms with van der Waals surface area (Å²) >= 11 is 3.38. The van der Waals surface area contributed by atoms with Crippen molar-refractivity contribution in [1.29, 1.82) is 0 Å². The molecule has 0 aliphatic carbocycles. The third-order valence-corrected chi connectivity index (χ3v) is 3.55. The van der Waals surface area contributed by atoms with E-state index in [1.165, 1.54) is 0 Å². The van der Waals surface area contributed by atoms with Gasteiger partial charge in [-0.3, -0.25) is 10.1 Å². The van der Waals surface area contributed by atoms with Gasteiger partial charge in [-0.25, -0.2) is 0 Å². The Kier molecular flexibility index (Phi) is 4.73. The van der Waals surface area contributed by atoms with Gasteiger partial charge in [-0.05, 0) is 24.3 Å². The Bertz CT molecular complexity index is 785. The monoisotopic (exact) mass is 372 g/mol. The molecule has 3 aromatic rings. The van der Waals surface area contributed by atoms with Crippen LogP contribution in [0.4, 0.5) is 5.88 Å². The van der Waals surface area contributed by atoms with E-state index in [1.54, 1.807) is 18.2 Å². The molecular weight excluding hydrogens is 360 g/mol. The Morgan fingerprint density at radius 3 is 2.61 bits per heavy atom. The Balaban J connectivity index is 1.58. The molecule has 0 aliphatic rings.